The van der Waals surface area contributed by atoms with Gasteiger partial charge in [0.1, 0.15) is 0 Å². The second-order valence-electron chi connectivity index (χ2n) is 5.61. The van der Waals surface area contributed by atoms with Gasteiger partial charge in [-0.1, -0.05) is 32.0 Å². The van der Waals surface area contributed by atoms with Crippen LogP contribution in [-0.4, -0.2) is 31.6 Å². The van der Waals surface area contributed by atoms with Crippen molar-refractivity contribution in [1.29, 1.82) is 0 Å². The van der Waals surface area contributed by atoms with E-state index < -0.39 is 0 Å². The lowest BCUT2D eigenvalue weighted by molar-refractivity contribution is 0.296. The van der Waals surface area contributed by atoms with Gasteiger partial charge in [-0.3, -0.25) is 0 Å². The summed E-state index contributed by atoms with van der Waals surface area (Å²) in [5.74, 6) is 1.45. The Morgan fingerprint density at radius 1 is 1.35 bits per heavy atom. The smallest absolute Gasteiger partial charge is 0.0376 e. The average Bonchev–Trinajstić information content (AvgIpc) is 2.70. The summed E-state index contributed by atoms with van der Waals surface area (Å²) in [5, 5.41) is 3.49. The molecule has 0 amide bonds. The van der Waals surface area contributed by atoms with E-state index in [9.17, 15) is 0 Å². The van der Waals surface area contributed by atoms with Crippen molar-refractivity contribution in [3.63, 3.8) is 0 Å². The molecule has 2 nitrogen and oxygen atoms in total. The first-order valence-corrected chi connectivity index (χ1v) is 6.68. The number of rotatable bonds is 5. The molecule has 1 heterocycles. The molecule has 94 valence electrons. The van der Waals surface area contributed by atoms with Gasteiger partial charge in [-0.15, -0.1) is 0 Å². The minimum absolute atomic E-state index is 0.656. The molecule has 0 aromatic heterocycles. The van der Waals surface area contributed by atoms with Gasteiger partial charge in [0.2, 0.25) is 0 Å². The molecule has 0 saturated carbocycles. The molecule has 1 atom stereocenters. The van der Waals surface area contributed by atoms with Crippen LogP contribution < -0.4 is 5.32 Å². The molecule has 0 aliphatic carbocycles. The number of benzene rings is 1. The van der Waals surface area contributed by atoms with E-state index in [2.05, 4.69) is 55.4 Å². The third kappa shape index (κ3) is 3.22. The molecule has 0 bridgehead atoms. The number of hydrogen-bond donors (Lipinski definition) is 1. The summed E-state index contributed by atoms with van der Waals surface area (Å²) >= 11 is 0. The highest BCUT2D eigenvalue weighted by Crippen LogP contribution is 2.31. The molecule has 1 aromatic rings. The van der Waals surface area contributed by atoms with Gasteiger partial charge in [-0.2, -0.15) is 0 Å². The first kappa shape index (κ1) is 12.4. The van der Waals surface area contributed by atoms with Crippen LogP contribution in [0.2, 0.25) is 0 Å². The van der Waals surface area contributed by atoms with Gasteiger partial charge in [0.15, 0.2) is 0 Å². The maximum absolute atomic E-state index is 3.49. The fourth-order valence-corrected chi connectivity index (χ4v) is 2.47. The molecule has 0 fully saturated rings. The summed E-state index contributed by atoms with van der Waals surface area (Å²) in [6.45, 7) is 8.04. The van der Waals surface area contributed by atoms with Crippen LogP contribution in [0.5, 0.6) is 0 Å². The van der Waals surface area contributed by atoms with Gasteiger partial charge in [0.05, 0.1) is 0 Å². The minimum Gasteiger partial charge on any atom is -0.384 e. The molecular formula is C15H24N2. The highest BCUT2D eigenvalue weighted by Gasteiger charge is 2.22. The van der Waals surface area contributed by atoms with Crippen molar-refractivity contribution in [1.82, 2.24) is 4.90 Å². The normalized spacial score (nSPS) is 18.5. The van der Waals surface area contributed by atoms with Crippen LogP contribution in [0, 0.1) is 5.92 Å². The Morgan fingerprint density at radius 2 is 2.12 bits per heavy atom. The number of hydrogen-bond acceptors (Lipinski definition) is 2. The zero-order valence-corrected chi connectivity index (χ0v) is 11.2. The summed E-state index contributed by atoms with van der Waals surface area (Å²) in [4.78, 5) is 2.47. The maximum Gasteiger partial charge on any atom is 0.0376 e. The van der Waals surface area contributed by atoms with Crippen molar-refractivity contribution < 1.29 is 0 Å². The van der Waals surface area contributed by atoms with Crippen molar-refractivity contribution in [2.75, 3.05) is 32.0 Å². The van der Waals surface area contributed by atoms with E-state index in [1.807, 2.05) is 0 Å². The monoisotopic (exact) mass is 232 g/mol. The number of likely N-dealkylation sites (N-methyl/N-ethyl adjacent to an activating group) is 1. The molecular weight excluding hydrogens is 208 g/mol. The Morgan fingerprint density at radius 3 is 2.88 bits per heavy atom. The molecule has 0 spiro atoms. The Labute approximate surface area is 105 Å². The Bertz CT molecular complexity index is 360. The molecule has 1 aliphatic heterocycles. The molecule has 2 heteroatoms. The number of nitrogens with one attached hydrogen (secondary N) is 1. The van der Waals surface area contributed by atoms with Gasteiger partial charge in [-0.25, -0.2) is 0 Å². The lowest BCUT2D eigenvalue weighted by atomic mass is 10.0. The minimum atomic E-state index is 0.656. The first-order chi connectivity index (χ1) is 8.16. The van der Waals surface area contributed by atoms with Crippen LogP contribution in [-0.2, 0) is 0 Å². The van der Waals surface area contributed by atoms with Crippen LogP contribution in [0.3, 0.4) is 0 Å². The second-order valence-corrected chi connectivity index (χ2v) is 5.61. The zero-order chi connectivity index (χ0) is 12.3. The van der Waals surface area contributed by atoms with E-state index >= 15 is 0 Å². The molecule has 17 heavy (non-hydrogen) atoms. The van der Waals surface area contributed by atoms with Gasteiger partial charge in [-0.05, 0) is 37.6 Å². The predicted molar refractivity (Wildman–Crippen MR) is 74.6 cm³/mol. The van der Waals surface area contributed by atoms with E-state index in [1.54, 1.807) is 0 Å². The number of para-hydroxylation sites is 1. The van der Waals surface area contributed by atoms with Crippen LogP contribution in [0.25, 0.3) is 0 Å². The van der Waals surface area contributed by atoms with Crippen molar-refractivity contribution in [2.45, 2.75) is 26.2 Å². The summed E-state index contributed by atoms with van der Waals surface area (Å²) in [6.07, 6.45) is 1.29. The van der Waals surface area contributed by atoms with Crippen molar-refractivity contribution in [3.8, 4) is 0 Å². The Balaban J connectivity index is 1.88. The number of nitrogens with zero attached hydrogens (tertiary/aromatic N) is 1. The summed E-state index contributed by atoms with van der Waals surface area (Å²) < 4.78 is 0. The SMILES string of the molecule is CC(C)CCN(C)CC1CNc2ccccc21. The van der Waals surface area contributed by atoms with Gasteiger partial charge in [0.25, 0.3) is 0 Å². The molecule has 1 N–H and O–H groups in total. The average molecular weight is 232 g/mol. The molecule has 0 radical (unpaired) electrons. The van der Waals surface area contributed by atoms with E-state index in [-0.39, 0.29) is 0 Å². The fourth-order valence-electron chi connectivity index (χ4n) is 2.47. The number of fused-ring (bicyclic) bond motifs is 1. The van der Waals surface area contributed by atoms with Gasteiger partial charge >= 0.3 is 0 Å². The summed E-state index contributed by atoms with van der Waals surface area (Å²) in [6, 6.07) is 8.70. The van der Waals surface area contributed by atoms with Gasteiger partial charge < -0.3 is 10.2 Å². The zero-order valence-electron chi connectivity index (χ0n) is 11.2. The van der Waals surface area contributed by atoms with Crippen LogP contribution in [0.15, 0.2) is 24.3 Å². The Kier molecular flexibility index (Phi) is 4.06. The highest BCUT2D eigenvalue weighted by molar-refractivity contribution is 5.57. The summed E-state index contributed by atoms with van der Waals surface area (Å²) in [5.41, 5.74) is 2.82. The molecule has 1 unspecified atom stereocenters. The molecule has 2 rings (SSSR count). The lowest BCUT2D eigenvalue weighted by Gasteiger charge is -2.21. The largest absolute Gasteiger partial charge is 0.384 e. The van der Waals surface area contributed by atoms with Crippen LogP contribution in [0.4, 0.5) is 5.69 Å². The van der Waals surface area contributed by atoms with E-state index in [0.29, 0.717) is 5.92 Å². The standard InChI is InChI=1S/C15H24N2/c1-12(2)8-9-17(3)11-13-10-16-15-7-5-4-6-14(13)15/h4-7,12-13,16H,8-11H2,1-3H3. The topological polar surface area (TPSA) is 15.3 Å². The van der Waals surface area contributed by atoms with Crippen molar-refractivity contribution >= 4 is 5.69 Å². The second kappa shape index (κ2) is 5.54. The first-order valence-electron chi connectivity index (χ1n) is 6.68. The highest BCUT2D eigenvalue weighted by atomic mass is 15.1. The maximum atomic E-state index is 3.49. The molecule has 1 aliphatic rings. The van der Waals surface area contributed by atoms with E-state index in [4.69, 9.17) is 0 Å². The number of anilines is 1. The molecule has 0 saturated heterocycles. The quantitative estimate of drug-likeness (QED) is 0.839. The van der Waals surface area contributed by atoms with Crippen molar-refractivity contribution in [3.05, 3.63) is 29.8 Å². The van der Waals surface area contributed by atoms with Crippen LogP contribution >= 0.6 is 0 Å². The summed E-state index contributed by atoms with van der Waals surface area (Å²) in [7, 11) is 2.24. The van der Waals surface area contributed by atoms with Crippen molar-refractivity contribution in [2.24, 2.45) is 5.92 Å². The Hall–Kier alpha value is -1.02. The van der Waals surface area contributed by atoms with E-state index in [0.717, 1.165) is 19.0 Å². The fraction of sp³-hybridized carbons (Fsp3) is 0.600. The lowest BCUT2D eigenvalue weighted by Crippen LogP contribution is -2.27. The third-order valence-electron chi connectivity index (χ3n) is 3.56. The van der Waals surface area contributed by atoms with Gasteiger partial charge in [0, 0.05) is 24.7 Å². The predicted octanol–water partition coefficient (Wildman–Crippen LogP) is 3.17. The third-order valence-corrected chi connectivity index (χ3v) is 3.56. The molecule has 1 aromatic carbocycles. The van der Waals surface area contributed by atoms with E-state index in [1.165, 1.54) is 24.2 Å². The van der Waals surface area contributed by atoms with Crippen LogP contribution in [0.1, 0.15) is 31.7 Å².